The molecule has 1 aliphatic heterocycles. The zero-order chi connectivity index (χ0) is 18.8. The monoisotopic (exact) mass is 359 g/mol. The van der Waals surface area contributed by atoms with Crippen LogP contribution in [0.1, 0.15) is 26.3 Å². The lowest BCUT2D eigenvalue weighted by molar-refractivity contribution is 0.0603. The Morgan fingerprint density at radius 2 is 1.41 bits per heavy atom. The first-order valence-corrected chi connectivity index (χ1v) is 8.59. The molecular weight excluding hydrogens is 342 g/mol. The van der Waals surface area contributed by atoms with Crippen LogP contribution in [0.2, 0.25) is 0 Å². The van der Waals surface area contributed by atoms with Crippen molar-refractivity contribution in [3.8, 4) is 0 Å². The van der Waals surface area contributed by atoms with Gasteiger partial charge in [-0.1, -0.05) is 54.6 Å². The number of hydrogen-bond donors (Lipinski definition) is 2. The summed E-state index contributed by atoms with van der Waals surface area (Å²) in [5, 5.41) is 6.80. The van der Waals surface area contributed by atoms with Crippen LogP contribution < -0.4 is 10.6 Å². The summed E-state index contributed by atoms with van der Waals surface area (Å²) in [6.45, 7) is 0.166. The summed E-state index contributed by atoms with van der Waals surface area (Å²) in [5.74, 6) is -0.819. The van der Waals surface area contributed by atoms with Crippen LogP contribution in [-0.4, -0.2) is 29.4 Å². The molecule has 134 valence electrons. The van der Waals surface area contributed by atoms with Gasteiger partial charge >= 0.3 is 6.03 Å². The molecular formula is C21H17N3O3. The summed E-state index contributed by atoms with van der Waals surface area (Å²) in [7, 11) is 0. The molecule has 1 aliphatic rings. The smallest absolute Gasteiger partial charge is 0.316 e. The fourth-order valence-electron chi connectivity index (χ4n) is 3.22. The third kappa shape index (κ3) is 3.13. The summed E-state index contributed by atoms with van der Waals surface area (Å²) in [5.41, 5.74) is 1.89. The summed E-state index contributed by atoms with van der Waals surface area (Å²) in [6, 6.07) is 19.7. The van der Waals surface area contributed by atoms with Crippen LogP contribution in [0.15, 0.2) is 66.7 Å². The van der Waals surface area contributed by atoms with Gasteiger partial charge in [0.05, 0.1) is 0 Å². The number of urea groups is 1. The highest BCUT2D eigenvalue weighted by Crippen LogP contribution is 2.29. The minimum Gasteiger partial charge on any atom is -0.334 e. The van der Waals surface area contributed by atoms with E-state index in [0.717, 1.165) is 15.8 Å². The van der Waals surface area contributed by atoms with Crippen molar-refractivity contribution < 1.29 is 14.4 Å². The SMILES string of the molecule is O=C(NCc1ccccc1)NCN1C(=O)c2cccc3cccc(c23)C1=O. The van der Waals surface area contributed by atoms with E-state index in [2.05, 4.69) is 10.6 Å². The third-order valence-corrected chi connectivity index (χ3v) is 4.55. The van der Waals surface area contributed by atoms with E-state index in [0.29, 0.717) is 23.1 Å². The first-order valence-electron chi connectivity index (χ1n) is 8.59. The van der Waals surface area contributed by atoms with E-state index in [-0.39, 0.29) is 6.67 Å². The van der Waals surface area contributed by atoms with Gasteiger partial charge in [0.25, 0.3) is 11.8 Å². The lowest BCUT2D eigenvalue weighted by Crippen LogP contribution is -2.49. The van der Waals surface area contributed by atoms with Gasteiger partial charge in [0, 0.05) is 23.1 Å². The standard InChI is InChI=1S/C21H17N3O3/c25-19-16-10-4-8-15-9-5-11-17(18(15)16)20(26)24(19)13-23-21(27)22-12-14-6-2-1-3-7-14/h1-11H,12-13H2,(H2,22,23,27). The summed E-state index contributed by atoms with van der Waals surface area (Å²) < 4.78 is 0. The Balaban J connectivity index is 1.46. The van der Waals surface area contributed by atoms with E-state index in [1.165, 1.54) is 0 Å². The average Bonchev–Trinajstić information content (AvgIpc) is 2.71. The number of rotatable bonds is 4. The van der Waals surface area contributed by atoms with Crippen molar-refractivity contribution in [3.05, 3.63) is 83.4 Å². The fraction of sp³-hybridized carbons (Fsp3) is 0.0952. The molecule has 0 atom stereocenters. The number of imide groups is 1. The number of nitrogens with one attached hydrogen (secondary N) is 2. The second-order valence-corrected chi connectivity index (χ2v) is 6.25. The van der Waals surface area contributed by atoms with Crippen LogP contribution in [0.25, 0.3) is 10.8 Å². The van der Waals surface area contributed by atoms with E-state index in [9.17, 15) is 14.4 Å². The highest BCUT2D eigenvalue weighted by atomic mass is 16.2. The molecule has 4 rings (SSSR count). The lowest BCUT2D eigenvalue weighted by atomic mass is 9.94. The van der Waals surface area contributed by atoms with Gasteiger partial charge < -0.3 is 10.6 Å². The van der Waals surface area contributed by atoms with Gasteiger partial charge in [0.15, 0.2) is 0 Å². The van der Waals surface area contributed by atoms with Gasteiger partial charge in [-0.15, -0.1) is 0 Å². The van der Waals surface area contributed by atoms with E-state index < -0.39 is 17.8 Å². The van der Waals surface area contributed by atoms with Crippen molar-refractivity contribution in [2.24, 2.45) is 0 Å². The predicted octanol–water partition coefficient (Wildman–Crippen LogP) is 2.89. The minimum absolute atomic E-state index is 0.191. The van der Waals surface area contributed by atoms with E-state index >= 15 is 0 Å². The highest BCUT2D eigenvalue weighted by Gasteiger charge is 2.32. The summed E-state index contributed by atoms with van der Waals surface area (Å²) in [6.07, 6.45) is 0. The van der Waals surface area contributed by atoms with Gasteiger partial charge in [-0.2, -0.15) is 0 Å². The molecule has 0 fully saturated rings. The molecule has 0 aliphatic carbocycles. The predicted molar refractivity (Wildman–Crippen MR) is 101 cm³/mol. The second kappa shape index (κ2) is 6.92. The largest absolute Gasteiger partial charge is 0.334 e. The van der Waals surface area contributed by atoms with Gasteiger partial charge in [-0.05, 0) is 23.1 Å². The molecule has 1 heterocycles. The Kier molecular flexibility index (Phi) is 4.30. The van der Waals surface area contributed by atoms with Crippen LogP contribution in [0.3, 0.4) is 0 Å². The van der Waals surface area contributed by atoms with E-state index in [1.54, 1.807) is 24.3 Å². The number of nitrogens with zero attached hydrogens (tertiary/aromatic N) is 1. The molecule has 0 saturated heterocycles. The highest BCUT2D eigenvalue weighted by molar-refractivity contribution is 6.25. The van der Waals surface area contributed by atoms with Crippen molar-refractivity contribution in [2.75, 3.05) is 6.67 Å². The van der Waals surface area contributed by atoms with Gasteiger partial charge in [-0.3, -0.25) is 14.5 Å². The topological polar surface area (TPSA) is 78.5 Å². The number of benzene rings is 3. The zero-order valence-corrected chi connectivity index (χ0v) is 14.4. The number of carbonyl (C=O) groups is 3. The maximum Gasteiger partial charge on any atom is 0.316 e. The molecule has 6 nitrogen and oxygen atoms in total. The quantitative estimate of drug-likeness (QED) is 0.703. The normalized spacial score (nSPS) is 13.0. The van der Waals surface area contributed by atoms with E-state index in [4.69, 9.17) is 0 Å². The van der Waals surface area contributed by atoms with Gasteiger partial charge in [0.1, 0.15) is 6.67 Å². The fourth-order valence-corrected chi connectivity index (χ4v) is 3.22. The van der Waals surface area contributed by atoms with Crippen LogP contribution in [0.4, 0.5) is 4.79 Å². The van der Waals surface area contributed by atoms with Crippen molar-refractivity contribution in [1.82, 2.24) is 15.5 Å². The molecule has 3 aromatic rings. The summed E-state index contributed by atoms with van der Waals surface area (Å²) >= 11 is 0. The summed E-state index contributed by atoms with van der Waals surface area (Å²) in [4.78, 5) is 38.6. The first-order chi connectivity index (χ1) is 13.1. The average molecular weight is 359 g/mol. The van der Waals surface area contributed by atoms with Crippen molar-refractivity contribution in [2.45, 2.75) is 6.54 Å². The van der Waals surface area contributed by atoms with Crippen LogP contribution in [0, 0.1) is 0 Å². The lowest BCUT2D eigenvalue weighted by Gasteiger charge is -2.27. The second-order valence-electron chi connectivity index (χ2n) is 6.25. The minimum atomic E-state index is -0.448. The van der Waals surface area contributed by atoms with Crippen molar-refractivity contribution in [1.29, 1.82) is 0 Å². The molecule has 0 bridgehead atoms. The Morgan fingerprint density at radius 1 is 0.778 bits per heavy atom. The molecule has 27 heavy (non-hydrogen) atoms. The van der Waals surface area contributed by atoms with Gasteiger partial charge in [-0.25, -0.2) is 4.79 Å². The molecule has 2 N–H and O–H groups in total. The van der Waals surface area contributed by atoms with Crippen LogP contribution >= 0.6 is 0 Å². The molecule has 6 heteroatoms. The molecule has 0 spiro atoms. The van der Waals surface area contributed by atoms with Crippen LogP contribution in [0.5, 0.6) is 0 Å². The molecule has 0 unspecified atom stereocenters. The Morgan fingerprint density at radius 3 is 2.04 bits per heavy atom. The molecule has 0 radical (unpaired) electrons. The number of hydrogen-bond acceptors (Lipinski definition) is 3. The van der Waals surface area contributed by atoms with Crippen molar-refractivity contribution in [3.63, 3.8) is 0 Å². The molecule has 0 aromatic heterocycles. The molecule has 4 amide bonds. The first kappa shape index (κ1) is 16.8. The third-order valence-electron chi connectivity index (χ3n) is 4.55. The molecule has 3 aromatic carbocycles. The Labute approximate surface area is 155 Å². The van der Waals surface area contributed by atoms with Crippen LogP contribution in [-0.2, 0) is 6.54 Å². The number of amides is 4. The molecule has 0 saturated carbocycles. The Bertz CT molecular complexity index is 996. The zero-order valence-electron chi connectivity index (χ0n) is 14.4. The van der Waals surface area contributed by atoms with Crippen molar-refractivity contribution >= 4 is 28.6 Å². The maximum absolute atomic E-state index is 12.7. The van der Waals surface area contributed by atoms with E-state index in [1.807, 2.05) is 42.5 Å². The maximum atomic E-state index is 12.7. The van der Waals surface area contributed by atoms with Gasteiger partial charge in [0.2, 0.25) is 0 Å². The Hall–Kier alpha value is -3.67. The number of carbonyl (C=O) groups excluding carboxylic acids is 3.